The first-order valence-corrected chi connectivity index (χ1v) is 6.86. The molecule has 0 spiro atoms. The first kappa shape index (κ1) is 12.0. The van der Waals surface area contributed by atoms with Gasteiger partial charge in [-0.15, -0.1) is 0 Å². The molecular weight excluding hydrogens is 248 g/mol. The molecule has 1 aromatic carbocycles. The summed E-state index contributed by atoms with van der Waals surface area (Å²) in [5.41, 5.74) is 1.14. The van der Waals surface area contributed by atoms with E-state index in [1.54, 1.807) is 0 Å². The van der Waals surface area contributed by atoms with Crippen molar-refractivity contribution in [2.24, 2.45) is 10.9 Å². The SMILES string of the molecule is Clc1ccccc1CC1CN=C(C2CCNC2)O1. The van der Waals surface area contributed by atoms with Crippen LogP contribution in [0.15, 0.2) is 29.3 Å². The van der Waals surface area contributed by atoms with Crippen molar-refractivity contribution in [1.29, 1.82) is 0 Å². The van der Waals surface area contributed by atoms with E-state index in [0.29, 0.717) is 5.92 Å². The average Bonchev–Trinajstić information content (AvgIpc) is 3.02. The fraction of sp³-hybridized carbons (Fsp3) is 0.500. The Morgan fingerprint density at radius 3 is 3.06 bits per heavy atom. The quantitative estimate of drug-likeness (QED) is 0.909. The topological polar surface area (TPSA) is 33.6 Å². The summed E-state index contributed by atoms with van der Waals surface area (Å²) < 4.78 is 5.96. The summed E-state index contributed by atoms with van der Waals surface area (Å²) in [6, 6.07) is 7.95. The van der Waals surface area contributed by atoms with Crippen LogP contribution in [0.4, 0.5) is 0 Å². The van der Waals surface area contributed by atoms with Gasteiger partial charge in [-0.3, -0.25) is 4.99 Å². The molecule has 2 heterocycles. The van der Waals surface area contributed by atoms with Gasteiger partial charge in [0.05, 0.1) is 6.54 Å². The number of hydrogen-bond acceptors (Lipinski definition) is 3. The van der Waals surface area contributed by atoms with Crippen LogP contribution < -0.4 is 5.32 Å². The van der Waals surface area contributed by atoms with Gasteiger partial charge < -0.3 is 10.1 Å². The van der Waals surface area contributed by atoms with Crippen molar-refractivity contribution >= 4 is 17.5 Å². The second-order valence-electron chi connectivity index (χ2n) is 4.90. The van der Waals surface area contributed by atoms with E-state index in [-0.39, 0.29) is 6.10 Å². The fourth-order valence-corrected chi connectivity index (χ4v) is 2.76. The lowest BCUT2D eigenvalue weighted by Gasteiger charge is -2.14. The normalized spacial score (nSPS) is 27.1. The smallest absolute Gasteiger partial charge is 0.188 e. The highest BCUT2D eigenvalue weighted by Crippen LogP contribution is 2.22. The zero-order valence-corrected chi connectivity index (χ0v) is 11.0. The highest BCUT2D eigenvalue weighted by atomic mass is 35.5. The molecule has 3 nitrogen and oxygen atoms in total. The first-order chi connectivity index (χ1) is 8.83. The zero-order chi connectivity index (χ0) is 12.4. The molecular formula is C14H17ClN2O. The van der Waals surface area contributed by atoms with E-state index >= 15 is 0 Å². The highest BCUT2D eigenvalue weighted by molar-refractivity contribution is 6.31. The molecule has 0 aromatic heterocycles. The molecule has 1 saturated heterocycles. The van der Waals surface area contributed by atoms with Gasteiger partial charge in [-0.2, -0.15) is 0 Å². The van der Waals surface area contributed by atoms with Crippen molar-refractivity contribution in [1.82, 2.24) is 5.32 Å². The molecule has 2 atom stereocenters. The Morgan fingerprint density at radius 1 is 1.39 bits per heavy atom. The Bertz CT molecular complexity index is 455. The van der Waals surface area contributed by atoms with Gasteiger partial charge in [-0.1, -0.05) is 29.8 Å². The molecule has 2 aliphatic rings. The number of ether oxygens (including phenoxy) is 1. The van der Waals surface area contributed by atoms with E-state index in [9.17, 15) is 0 Å². The molecule has 0 amide bonds. The molecule has 1 N–H and O–H groups in total. The van der Waals surface area contributed by atoms with Gasteiger partial charge in [0.15, 0.2) is 5.90 Å². The van der Waals surface area contributed by atoms with Gasteiger partial charge in [0.25, 0.3) is 0 Å². The van der Waals surface area contributed by atoms with Gasteiger partial charge in [0.1, 0.15) is 6.10 Å². The van der Waals surface area contributed by atoms with Gasteiger partial charge in [0.2, 0.25) is 0 Å². The van der Waals surface area contributed by atoms with Crippen molar-refractivity contribution in [3.8, 4) is 0 Å². The summed E-state index contributed by atoms with van der Waals surface area (Å²) >= 11 is 6.16. The largest absolute Gasteiger partial charge is 0.475 e. The Balaban J connectivity index is 1.59. The van der Waals surface area contributed by atoms with Crippen molar-refractivity contribution in [3.63, 3.8) is 0 Å². The zero-order valence-electron chi connectivity index (χ0n) is 10.2. The predicted molar refractivity (Wildman–Crippen MR) is 73.3 cm³/mol. The third kappa shape index (κ3) is 2.52. The molecule has 0 aliphatic carbocycles. The van der Waals surface area contributed by atoms with Crippen LogP contribution in [-0.2, 0) is 11.2 Å². The number of hydrogen-bond donors (Lipinski definition) is 1. The molecule has 1 fully saturated rings. The van der Waals surface area contributed by atoms with E-state index in [1.807, 2.05) is 18.2 Å². The van der Waals surface area contributed by atoms with E-state index in [1.165, 1.54) is 0 Å². The number of nitrogens with one attached hydrogen (secondary N) is 1. The second kappa shape index (κ2) is 5.29. The molecule has 2 aliphatic heterocycles. The summed E-state index contributed by atoms with van der Waals surface area (Å²) in [5, 5.41) is 4.16. The molecule has 0 saturated carbocycles. The predicted octanol–water partition coefficient (Wildman–Crippen LogP) is 2.29. The lowest BCUT2D eigenvalue weighted by atomic mass is 10.1. The fourth-order valence-electron chi connectivity index (χ4n) is 2.54. The summed E-state index contributed by atoms with van der Waals surface area (Å²) in [6.45, 7) is 2.83. The summed E-state index contributed by atoms with van der Waals surface area (Å²) in [4.78, 5) is 4.54. The van der Waals surface area contributed by atoms with E-state index in [4.69, 9.17) is 16.3 Å². The molecule has 2 unspecified atom stereocenters. The third-order valence-electron chi connectivity index (χ3n) is 3.55. The summed E-state index contributed by atoms with van der Waals surface area (Å²) in [7, 11) is 0. The maximum atomic E-state index is 6.16. The highest BCUT2D eigenvalue weighted by Gasteiger charge is 2.28. The monoisotopic (exact) mass is 264 g/mol. The van der Waals surface area contributed by atoms with E-state index < -0.39 is 0 Å². The van der Waals surface area contributed by atoms with Crippen LogP contribution >= 0.6 is 11.6 Å². The average molecular weight is 265 g/mol. The Hall–Kier alpha value is -1.06. The molecule has 4 heteroatoms. The van der Waals surface area contributed by atoms with Crippen molar-refractivity contribution in [3.05, 3.63) is 34.9 Å². The first-order valence-electron chi connectivity index (χ1n) is 6.48. The standard InChI is InChI=1S/C14H17ClN2O/c15-13-4-2-1-3-10(13)7-12-9-17-14(18-12)11-5-6-16-8-11/h1-4,11-12,16H,5-9H2. The van der Waals surface area contributed by atoms with Gasteiger partial charge in [0, 0.05) is 23.9 Å². The number of aliphatic imine (C=N–C) groups is 1. The second-order valence-corrected chi connectivity index (χ2v) is 5.31. The van der Waals surface area contributed by atoms with Crippen LogP contribution in [0, 0.1) is 5.92 Å². The lowest BCUT2D eigenvalue weighted by Crippen LogP contribution is -2.22. The molecule has 3 rings (SSSR count). The Labute approximate surface area is 112 Å². The molecule has 18 heavy (non-hydrogen) atoms. The van der Waals surface area contributed by atoms with Crippen LogP contribution in [0.1, 0.15) is 12.0 Å². The minimum atomic E-state index is 0.153. The summed E-state index contributed by atoms with van der Waals surface area (Å²) in [5.74, 6) is 1.42. The maximum absolute atomic E-state index is 6.16. The van der Waals surface area contributed by atoms with Gasteiger partial charge in [-0.25, -0.2) is 0 Å². The number of benzene rings is 1. The molecule has 96 valence electrons. The van der Waals surface area contributed by atoms with Crippen LogP contribution in [-0.4, -0.2) is 31.6 Å². The Kier molecular flexibility index (Phi) is 3.52. The maximum Gasteiger partial charge on any atom is 0.188 e. The number of nitrogens with zero attached hydrogens (tertiary/aromatic N) is 1. The number of rotatable bonds is 3. The minimum Gasteiger partial charge on any atom is -0.475 e. The van der Waals surface area contributed by atoms with Crippen molar-refractivity contribution in [2.45, 2.75) is 18.9 Å². The van der Waals surface area contributed by atoms with Crippen molar-refractivity contribution in [2.75, 3.05) is 19.6 Å². The molecule has 1 aromatic rings. The Morgan fingerprint density at radius 2 is 2.28 bits per heavy atom. The molecule has 0 bridgehead atoms. The van der Waals surface area contributed by atoms with Crippen LogP contribution in [0.3, 0.4) is 0 Å². The van der Waals surface area contributed by atoms with Gasteiger partial charge in [-0.05, 0) is 24.6 Å². The van der Waals surface area contributed by atoms with Crippen LogP contribution in [0.2, 0.25) is 5.02 Å². The van der Waals surface area contributed by atoms with Crippen molar-refractivity contribution < 1.29 is 4.74 Å². The van der Waals surface area contributed by atoms with E-state index in [2.05, 4.69) is 16.4 Å². The van der Waals surface area contributed by atoms with E-state index in [0.717, 1.165) is 49.0 Å². The minimum absolute atomic E-state index is 0.153. The summed E-state index contributed by atoms with van der Waals surface area (Å²) in [6.07, 6.45) is 2.13. The van der Waals surface area contributed by atoms with Crippen LogP contribution in [0.5, 0.6) is 0 Å². The molecule has 0 radical (unpaired) electrons. The van der Waals surface area contributed by atoms with Gasteiger partial charge >= 0.3 is 0 Å². The lowest BCUT2D eigenvalue weighted by molar-refractivity contribution is 0.212. The third-order valence-corrected chi connectivity index (χ3v) is 3.92. The van der Waals surface area contributed by atoms with Crippen LogP contribution in [0.25, 0.3) is 0 Å². The number of halogens is 1.